The summed E-state index contributed by atoms with van der Waals surface area (Å²) in [5.74, 6) is 4.25. The van der Waals surface area contributed by atoms with E-state index >= 15 is 0 Å². The zero-order chi connectivity index (χ0) is 12.1. The van der Waals surface area contributed by atoms with Gasteiger partial charge in [-0.25, -0.2) is 0 Å². The second-order valence-corrected chi connectivity index (χ2v) is 7.73. The molecule has 5 aliphatic rings. The van der Waals surface area contributed by atoms with E-state index in [2.05, 4.69) is 5.32 Å². The van der Waals surface area contributed by atoms with Crippen LogP contribution in [0.25, 0.3) is 0 Å². The van der Waals surface area contributed by atoms with Crippen molar-refractivity contribution in [2.75, 3.05) is 0 Å². The van der Waals surface area contributed by atoms with Gasteiger partial charge in [0.05, 0.1) is 0 Å². The van der Waals surface area contributed by atoms with Crippen LogP contribution in [0, 0.1) is 23.7 Å². The molecule has 3 N–H and O–H groups in total. The third kappa shape index (κ3) is 2.02. The van der Waals surface area contributed by atoms with Gasteiger partial charge in [-0.2, -0.15) is 0 Å². The van der Waals surface area contributed by atoms with Crippen molar-refractivity contribution >= 4 is 0 Å². The molecule has 0 saturated heterocycles. The maximum Gasteiger partial charge on any atom is 0.0127 e. The lowest BCUT2D eigenvalue weighted by Crippen LogP contribution is -2.57. The Labute approximate surface area is 111 Å². The van der Waals surface area contributed by atoms with Gasteiger partial charge in [-0.1, -0.05) is 0 Å². The van der Waals surface area contributed by atoms with Crippen LogP contribution in [-0.4, -0.2) is 18.1 Å². The largest absolute Gasteiger partial charge is 0.328 e. The maximum absolute atomic E-state index is 6.02. The van der Waals surface area contributed by atoms with E-state index in [9.17, 15) is 0 Å². The highest BCUT2D eigenvalue weighted by atomic mass is 15.0. The smallest absolute Gasteiger partial charge is 0.0127 e. The third-order valence-electron chi connectivity index (χ3n) is 6.43. The van der Waals surface area contributed by atoms with Gasteiger partial charge in [-0.05, 0) is 81.5 Å². The van der Waals surface area contributed by atoms with Crippen LogP contribution >= 0.6 is 0 Å². The molecule has 0 aromatic carbocycles. The first-order chi connectivity index (χ1) is 8.78. The number of hydrogen-bond acceptors (Lipinski definition) is 2. The van der Waals surface area contributed by atoms with Crippen LogP contribution < -0.4 is 11.1 Å². The minimum Gasteiger partial charge on any atom is -0.328 e. The summed E-state index contributed by atoms with van der Waals surface area (Å²) in [6, 6.07) is 2.14. The van der Waals surface area contributed by atoms with E-state index in [1.807, 2.05) is 0 Å². The van der Waals surface area contributed by atoms with E-state index in [0.717, 1.165) is 35.8 Å². The van der Waals surface area contributed by atoms with Crippen LogP contribution in [-0.2, 0) is 0 Å². The molecular formula is C16H28N2. The molecule has 0 heterocycles. The average molecular weight is 248 g/mol. The highest BCUT2D eigenvalue weighted by molar-refractivity contribution is 5.02. The maximum atomic E-state index is 6.02. The average Bonchev–Trinajstić information content (AvgIpc) is 2.35. The lowest BCUT2D eigenvalue weighted by atomic mass is 9.54. The van der Waals surface area contributed by atoms with Crippen LogP contribution in [0.1, 0.15) is 57.8 Å². The molecular weight excluding hydrogens is 220 g/mol. The monoisotopic (exact) mass is 248 g/mol. The summed E-state index contributed by atoms with van der Waals surface area (Å²) in [6.45, 7) is 0. The van der Waals surface area contributed by atoms with Crippen molar-refractivity contribution in [3.8, 4) is 0 Å². The van der Waals surface area contributed by atoms with Gasteiger partial charge in [0.2, 0.25) is 0 Å². The van der Waals surface area contributed by atoms with Crippen LogP contribution in [0.4, 0.5) is 0 Å². The summed E-state index contributed by atoms with van der Waals surface area (Å²) < 4.78 is 0. The van der Waals surface area contributed by atoms with Gasteiger partial charge in [0.1, 0.15) is 0 Å². The molecule has 18 heavy (non-hydrogen) atoms. The fraction of sp³-hybridized carbons (Fsp3) is 1.00. The Kier molecular flexibility index (Phi) is 2.92. The third-order valence-corrected chi connectivity index (χ3v) is 6.43. The van der Waals surface area contributed by atoms with Crippen LogP contribution in [0.5, 0.6) is 0 Å². The second-order valence-electron chi connectivity index (χ2n) is 7.73. The highest BCUT2D eigenvalue weighted by Gasteiger charge is 2.48. The Morgan fingerprint density at radius 1 is 0.722 bits per heavy atom. The van der Waals surface area contributed by atoms with Gasteiger partial charge in [0.25, 0.3) is 0 Å². The molecule has 2 heteroatoms. The molecule has 5 rings (SSSR count). The summed E-state index contributed by atoms with van der Waals surface area (Å²) in [7, 11) is 0. The van der Waals surface area contributed by atoms with Crippen LogP contribution in [0.2, 0.25) is 0 Å². The number of nitrogens with two attached hydrogens (primary N) is 1. The van der Waals surface area contributed by atoms with Gasteiger partial charge in [0.15, 0.2) is 0 Å². The summed E-state index contributed by atoms with van der Waals surface area (Å²) >= 11 is 0. The minimum absolute atomic E-state index is 0.488. The minimum atomic E-state index is 0.488. The van der Waals surface area contributed by atoms with Crippen molar-refractivity contribution in [1.29, 1.82) is 0 Å². The highest BCUT2D eigenvalue weighted by Crippen LogP contribution is 2.53. The Balaban J connectivity index is 1.40. The first kappa shape index (κ1) is 11.7. The van der Waals surface area contributed by atoms with Crippen molar-refractivity contribution < 1.29 is 0 Å². The molecule has 0 spiro atoms. The molecule has 102 valence electrons. The number of rotatable bonds is 2. The van der Waals surface area contributed by atoms with Gasteiger partial charge in [0, 0.05) is 18.1 Å². The molecule has 0 aromatic heterocycles. The van der Waals surface area contributed by atoms with Crippen LogP contribution in [0.15, 0.2) is 0 Å². The Hall–Kier alpha value is -0.0800. The summed E-state index contributed by atoms with van der Waals surface area (Å²) in [4.78, 5) is 0. The normalized spacial score (nSPS) is 54.8. The first-order valence-corrected chi connectivity index (χ1v) is 8.29. The molecule has 0 atom stereocenters. The standard InChI is InChI=1S/C16H28N2/c17-14-1-3-15(4-2-14)18-16-12-6-10-5-11(8-12)9-13(16)7-10/h10-16,18H,1-9,17H2. The Morgan fingerprint density at radius 3 is 1.83 bits per heavy atom. The summed E-state index contributed by atoms with van der Waals surface area (Å²) in [5, 5.41) is 4.07. The predicted molar refractivity (Wildman–Crippen MR) is 74.2 cm³/mol. The van der Waals surface area contributed by atoms with Crippen molar-refractivity contribution in [3.05, 3.63) is 0 Å². The zero-order valence-corrected chi connectivity index (χ0v) is 11.5. The molecule has 0 amide bonds. The first-order valence-electron chi connectivity index (χ1n) is 8.29. The number of nitrogens with one attached hydrogen (secondary N) is 1. The van der Waals surface area contributed by atoms with Crippen molar-refractivity contribution in [2.45, 2.75) is 75.9 Å². The molecule has 0 radical (unpaired) electrons. The van der Waals surface area contributed by atoms with Crippen molar-refractivity contribution in [3.63, 3.8) is 0 Å². The molecule has 2 nitrogen and oxygen atoms in total. The van der Waals surface area contributed by atoms with Gasteiger partial charge in [-0.15, -0.1) is 0 Å². The Bertz CT molecular complexity index is 278. The second kappa shape index (κ2) is 4.49. The van der Waals surface area contributed by atoms with E-state index in [4.69, 9.17) is 5.73 Å². The van der Waals surface area contributed by atoms with Gasteiger partial charge in [-0.3, -0.25) is 0 Å². The van der Waals surface area contributed by atoms with E-state index in [1.54, 1.807) is 6.42 Å². The number of hydrogen-bond donors (Lipinski definition) is 2. The van der Waals surface area contributed by atoms with E-state index in [0.29, 0.717) is 6.04 Å². The summed E-state index contributed by atoms with van der Waals surface area (Å²) in [6.07, 6.45) is 12.9. The SMILES string of the molecule is NC1CCC(NC2C3CC4CC(C3)CC2C4)CC1. The lowest BCUT2D eigenvalue weighted by molar-refractivity contribution is -0.0193. The fourth-order valence-electron chi connectivity index (χ4n) is 5.76. The lowest BCUT2D eigenvalue weighted by Gasteiger charge is -2.55. The van der Waals surface area contributed by atoms with Gasteiger partial charge < -0.3 is 11.1 Å². The fourth-order valence-corrected chi connectivity index (χ4v) is 5.76. The topological polar surface area (TPSA) is 38.0 Å². The van der Waals surface area contributed by atoms with E-state index in [1.165, 1.54) is 51.4 Å². The molecule has 0 aromatic rings. The molecule has 5 saturated carbocycles. The zero-order valence-electron chi connectivity index (χ0n) is 11.5. The van der Waals surface area contributed by atoms with E-state index < -0.39 is 0 Å². The summed E-state index contributed by atoms with van der Waals surface area (Å²) in [5.41, 5.74) is 6.02. The predicted octanol–water partition coefficient (Wildman–Crippen LogP) is 2.67. The molecule has 5 aliphatic carbocycles. The molecule has 4 bridgehead atoms. The van der Waals surface area contributed by atoms with E-state index in [-0.39, 0.29) is 0 Å². The van der Waals surface area contributed by atoms with Gasteiger partial charge >= 0.3 is 0 Å². The molecule has 5 fully saturated rings. The quantitative estimate of drug-likeness (QED) is 0.788. The molecule has 0 aliphatic heterocycles. The van der Waals surface area contributed by atoms with Crippen LogP contribution in [0.3, 0.4) is 0 Å². The van der Waals surface area contributed by atoms with Crippen molar-refractivity contribution in [2.24, 2.45) is 29.4 Å². The Morgan fingerprint density at radius 2 is 1.28 bits per heavy atom. The van der Waals surface area contributed by atoms with Crippen molar-refractivity contribution in [1.82, 2.24) is 5.32 Å². The molecule has 0 unspecified atom stereocenters.